The van der Waals surface area contributed by atoms with Crippen LogP contribution in [0.4, 0.5) is 0 Å². The number of aliphatic hydroxyl groups is 1. The number of thioether (sulfide) groups is 1. The van der Waals surface area contributed by atoms with Gasteiger partial charge < -0.3 is 19.8 Å². The number of nitrogens with zero attached hydrogens (tertiary/aromatic N) is 3. The Morgan fingerprint density at radius 1 is 1.21 bits per heavy atom. The second-order valence-electron chi connectivity index (χ2n) is 10.8. The molecule has 7 nitrogen and oxygen atoms in total. The van der Waals surface area contributed by atoms with Crippen molar-refractivity contribution in [3.05, 3.63) is 61.2 Å². The molecular formula is C30H41N3O4S. The summed E-state index contributed by atoms with van der Waals surface area (Å²) in [6, 6.07) is 8.46. The molecule has 2 bridgehead atoms. The molecule has 3 fully saturated rings. The zero-order chi connectivity index (χ0) is 27.4. The first-order chi connectivity index (χ1) is 18.3. The molecule has 1 spiro atoms. The molecule has 3 saturated heterocycles. The maximum Gasteiger partial charge on any atom is 0.247 e. The van der Waals surface area contributed by atoms with Crippen molar-refractivity contribution in [3.63, 3.8) is 0 Å². The van der Waals surface area contributed by atoms with E-state index in [1.165, 1.54) is 0 Å². The summed E-state index contributed by atoms with van der Waals surface area (Å²) in [5.41, 5.74) is 0.990. The molecule has 2 unspecified atom stereocenters. The maximum absolute atomic E-state index is 14.4. The normalized spacial score (nSPS) is 28.2. The third-order valence-electron chi connectivity index (χ3n) is 8.40. The number of carbonyl (C=O) groups is 3. The summed E-state index contributed by atoms with van der Waals surface area (Å²) in [5.74, 6) is -1.39. The molecule has 3 aliphatic rings. The highest BCUT2D eigenvalue weighted by Gasteiger charge is 2.74. The van der Waals surface area contributed by atoms with E-state index in [4.69, 9.17) is 0 Å². The van der Waals surface area contributed by atoms with Gasteiger partial charge in [0.25, 0.3) is 0 Å². The number of amides is 3. The van der Waals surface area contributed by atoms with Crippen molar-refractivity contribution < 1.29 is 19.5 Å². The smallest absolute Gasteiger partial charge is 0.247 e. The zero-order valence-electron chi connectivity index (χ0n) is 22.6. The first kappa shape index (κ1) is 28.4. The van der Waals surface area contributed by atoms with Gasteiger partial charge in [0.15, 0.2) is 0 Å². The number of fused-ring (bicyclic) bond motifs is 1. The molecular weight excluding hydrogens is 498 g/mol. The molecule has 0 radical (unpaired) electrons. The molecule has 8 heteroatoms. The number of benzene rings is 1. The third kappa shape index (κ3) is 4.93. The summed E-state index contributed by atoms with van der Waals surface area (Å²) < 4.78 is -0.677. The molecule has 0 aliphatic carbocycles. The van der Waals surface area contributed by atoms with E-state index in [9.17, 15) is 19.5 Å². The fourth-order valence-electron chi connectivity index (χ4n) is 6.69. The Labute approximate surface area is 230 Å². The summed E-state index contributed by atoms with van der Waals surface area (Å²) in [7, 11) is 1.75. The summed E-state index contributed by atoms with van der Waals surface area (Å²) in [6.45, 7) is 10.8. The lowest BCUT2D eigenvalue weighted by atomic mass is 9.70. The first-order valence-electron chi connectivity index (χ1n) is 13.7. The molecule has 6 atom stereocenters. The van der Waals surface area contributed by atoms with Crippen molar-refractivity contribution in [3.8, 4) is 0 Å². The van der Waals surface area contributed by atoms with E-state index in [1.54, 1.807) is 40.8 Å². The molecule has 0 saturated carbocycles. The lowest BCUT2D eigenvalue weighted by Crippen LogP contribution is -2.58. The van der Waals surface area contributed by atoms with E-state index in [1.807, 2.05) is 35.2 Å². The minimum atomic E-state index is -0.727. The maximum atomic E-state index is 14.4. The Kier molecular flexibility index (Phi) is 9.04. The number of unbranched alkanes of at least 4 members (excludes halogenated alkanes) is 1. The van der Waals surface area contributed by atoms with Crippen LogP contribution in [0.3, 0.4) is 0 Å². The van der Waals surface area contributed by atoms with Crippen LogP contribution in [0.15, 0.2) is 55.6 Å². The van der Waals surface area contributed by atoms with Crippen LogP contribution in [0.25, 0.3) is 0 Å². The van der Waals surface area contributed by atoms with Crippen LogP contribution in [-0.2, 0) is 20.8 Å². The highest BCUT2D eigenvalue weighted by molar-refractivity contribution is 8.02. The standard InChI is InChI=1S/C30H41N3O4S/c1-5-8-18-32(17-7-3)29(37)26-30-15-14-23(38-30)24(27(35)31(4)16-6-2)25(30)28(36)33(26)22(20-34)19-21-12-10-9-11-13-21/h6-7,9-13,22-26,34H,2-3,5,8,14-20H2,1,4H3/t22-,23+,24-,25+,26?,30?/m1/s1. The van der Waals surface area contributed by atoms with Gasteiger partial charge in [-0.15, -0.1) is 24.9 Å². The molecule has 3 amide bonds. The average Bonchev–Trinajstić information content (AvgIpc) is 3.57. The number of carbonyl (C=O) groups excluding carboxylic acids is 3. The van der Waals surface area contributed by atoms with Gasteiger partial charge in [-0.3, -0.25) is 14.4 Å². The SMILES string of the molecule is C=CCN(C)C(=O)[C@@H]1[C@@H]2CCC3(S2)C(C(=O)N(CC=C)CCCC)N([C@@H](CO)Cc2ccccc2)C(=O)[C@H]13. The second-order valence-corrected chi connectivity index (χ2v) is 12.4. The quantitative estimate of drug-likeness (QED) is 0.390. The highest BCUT2D eigenvalue weighted by atomic mass is 32.2. The Bertz CT molecular complexity index is 1050. The van der Waals surface area contributed by atoms with Crippen molar-refractivity contribution in [1.29, 1.82) is 0 Å². The van der Waals surface area contributed by atoms with E-state index in [0.29, 0.717) is 32.5 Å². The van der Waals surface area contributed by atoms with E-state index >= 15 is 0 Å². The van der Waals surface area contributed by atoms with E-state index in [0.717, 1.165) is 24.8 Å². The highest BCUT2D eigenvalue weighted by Crippen LogP contribution is 2.67. The van der Waals surface area contributed by atoms with Gasteiger partial charge in [-0.25, -0.2) is 0 Å². The number of likely N-dealkylation sites (tertiary alicyclic amines) is 1. The molecule has 1 aromatic rings. The van der Waals surface area contributed by atoms with Crippen LogP contribution in [0.5, 0.6) is 0 Å². The average molecular weight is 540 g/mol. The number of hydrogen-bond donors (Lipinski definition) is 1. The first-order valence-corrected chi connectivity index (χ1v) is 14.6. The van der Waals surface area contributed by atoms with Crippen molar-refractivity contribution in [1.82, 2.24) is 14.7 Å². The second kappa shape index (κ2) is 12.1. The summed E-state index contributed by atoms with van der Waals surface area (Å²) >= 11 is 1.67. The fourth-order valence-corrected chi connectivity index (χ4v) is 8.88. The van der Waals surface area contributed by atoms with Crippen LogP contribution in [0.1, 0.15) is 38.2 Å². The number of hydrogen-bond acceptors (Lipinski definition) is 5. The largest absolute Gasteiger partial charge is 0.394 e. The van der Waals surface area contributed by atoms with Gasteiger partial charge in [-0.05, 0) is 31.2 Å². The summed E-state index contributed by atoms with van der Waals surface area (Å²) in [6.07, 6.45) is 7.16. The molecule has 4 rings (SSSR count). The van der Waals surface area contributed by atoms with Crippen LogP contribution in [-0.4, -0.2) is 92.9 Å². The lowest BCUT2D eigenvalue weighted by Gasteiger charge is -2.39. The molecule has 38 heavy (non-hydrogen) atoms. The minimum absolute atomic E-state index is 0.00589. The molecule has 3 aliphatic heterocycles. The molecule has 3 heterocycles. The number of likely N-dealkylation sites (N-methyl/N-ethyl adjacent to an activating group) is 1. The van der Waals surface area contributed by atoms with Crippen LogP contribution < -0.4 is 0 Å². The Balaban J connectivity index is 1.77. The number of aliphatic hydroxyl groups excluding tert-OH is 1. The Hall–Kier alpha value is -2.58. The Morgan fingerprint density at radius 2 is 1.92 bits per heavy atom. The molecule has 0 aromatic heterocycles. The van der Waals surface area contributed by atoms with Gasteiger partial charge in [0.2, 0.25) is 17.7 Å². The lowest BCUT2D eigenvalue weighted by molar-refractivity contribution is -0.146. The van der Waals surface area contributed by atoms with Crippen LogP contribution in [0, 0.1) is 11.8 Å². The molecule has 206 valence electrons. The van der Waals surface area contributed by atoms with Gasteiger partial charge in [-0.1, -0.05) is 55.8 Å². The van der Waals surface area contributed by atoms with Gasteiger partial charge in [0.05, 0.1) is 29.2 Å². The van der Waals surface area contributed by atoms with Crippen LogP contribution in [0.2, 0.25) is 0 Å². The van der Waals surface area contributed by atoms with Crippen molar-refractivity contribution in [2.75, 3.05) is 33.3 Å². The number of rotatable bonds is 13. The van der Waals surface area contributed by atoms with Gasteiger partial charge in [0.1, 0.15) is 6.04 Å². The Morgan fingerprint density at radius 3 is 2.55 bits per heavy atom. The monoisotopic (exact) mass is 539 g/mol. The third-order valence-corrected chi connectivity index (χ3v) is 10.3. The van der Waals surface area contributed by atoms with Crippen molar-refractivity contribution >= 4 is 29.5 Å². The fraction of sp³-hybridized carbons (Fsp3) is 0.567. The summed E-state index contributed by atoms with van der Waals surface area (Å²) in [5, 5.41) is 10.6. The van der Waals surface area contributed by atoms with Gasteiger partial charge in [-0.2, -0.15) is 0 Å². The van der Waals surface area contributed by atoms with Crippen molar-refractivity contribution in [2.24, 2.45) is 11.8 Å². The van der Waals surface area contributed by atoms with E-state index in [-0.39, 0.29) is 29.6 Å². The van der Waals surface area contributed by atoms with Crippen LogP contribution >= 0.6 is 11.8 Å². The van der Waals surface area contributed by atoms with Gasteiger partial charge in [0, 0.05) is 31.9 Å². The molecule has 1 aromatic carbocycles. The predicted octanol–water partition coefficient (Wildman–Crippen LogP) is 3.14. The van der Waals surface area contributed by atoms with Gasteiger partial charge >= 0.3 is 0 Å². The zero-order valence-corrected chi connectivity index (χ0v) is 23.4. The minimum Gasteiger partial charge on any atom is -0.394 e. The topological polar surface area (TPSA) is 81.2 Å². The summed E-state index contributed by atoms with van der Waals surface area (Å²) in [4.78, 5) is 47.5. The predicted molar refractivity (Wildman–Crippen MR) is 151 cm³/mol. The van der Waals surface area contributed by atoms with E-state index in [2.05, 4.69) is 20.1 Å². The molecule has 1 N–H and O–H groups in total. The van der Waals surface area contributed by atoms with Crippen molar-refractivity contribution in [2.45, 2.75) is 61.1 Å². The van der Waals surface area contributed by atoms with E-state index < -0.39 is 28.7 Å².